The van der Waals surface area contributed by atoms with E-state index in [1.165, 1.54) is 0 Å². The van der Waals surface area contributed by atoms with Crippen molar-refractivity contribution in [2.75, 3.05) is 0 Å². The molecule has 0 aromatic carbocycles. The quantitative estimate of drug-likeness (QED) is 0.805. The van der Waals surface area contributed by atoms with E-state index in [4.69, 9.17) is 9.52 Å². The Balaban J connectivity index is 3.06. The molecule has 1 aromatic heterocycles. The molecule has 0 aliphatic heterocycles. The highest BCUT2D eigenvalue weighted by molar-refractivity contribution is 5.88. The van der Waals surface area contributed by atoms with Crippen LogP contribution in [0.3, 0.4) is 0 Å². The topological polar surface area (TPSA) is 50.4 Å². The van der Waals surface area contributed by atoms with Crippen LogP contribution >= 0.6 is 0 Å². The van der Waals surface area contributed by atoms with Gasteiger partial charge in [0.05, 0.1) is 0 Å². The molecule has 3 nitrogen and oxygen atoms in total. The van der Waals surface area contributed by atoms with Gasteiger partial charge in [0.25, 0.3) is 0 Å². The molecule has 0 aliphatic carbocycles. The molecule has 0 spiro atoms. The summed E-state index contributed by atoms with van der Waals surface area (Å²) in [5.74, 6) is 0.739. The summed E-state index contributed by atoms with van der Waals surface area (Å²) in [6.07, 6.45) is 1.58. The lowest BCUT2D eigenvalue weighted by Crippen LogP contribution is -1.97. The molecule has 0 saturated heterocycles. The van der Waals surface area contributed by atoms with Crippen molar-refractivity contribution in [3.05, 3.63) is 23.2 Å². The summed E-state index contributed by atoms with van der Waals surface area (Å²) < 4.78 is 5.50. The second-order valence-electron chi connectivity index (χ2n) is 3.45. The van der Waals surface area contributed by atoms with Gasteiger partial charge < -0.3 is 9.52 Å². The van der Waals surface area contributed by atoms with Gasteiger partial charge in [-0.15, -0.1) is 0 Å². The van der Waals surface area contributed by atoms with Crippen LogP contribution in [0.15, 0.2) is 10.5 Å². The van der Waals surface area contributed by atoms with E-state index >= 15 is 0 Å². The Morgan fingerprint density at radius 1 is 1.57 bits per heavy atom. The zero-order valence-corrected chi connectivity index (χ0v) is 8.83. The van der Waals surface area contributed by atoms with Crippen LogP contribution < -0.4 is 0 Å². The van der Waals surface area contributed by atoms with Crippen molar-refractivity contribution in [1.29, 1.82) is 0 Å². The first-order valence-electron chi connectivity index (χ1n) is 4.96. The van der Waals surface area contributed by atoms with E-state index in [0.29, 0.717) is 17.7 Å². The summed E-state index contributed by atoms with van der Waals surface area (Å²) in [5, 5.41) is 8.90. The lowest BCUT2D eigenvalue weighted by molar-refractivity contribution is 0.0694. The van der Waals surface area contributed by atoms with Crippen LogP contribution in [0.1, 0.15) is 55.0 Å². The summed E-state index contributed by atoms with van der Waals surface area (Å²) >= 11 is 0. The molecule has 1 rings (SSSR count). The van der Waals surface area contributed by atoms with E-state index < -0.39 is 5.97 Å². The van der Waals surface area contributed by atoms with Crippen molar-refractivity contribution in [2.24, 2.45) is 0 Å². The maximum Gasteiger partial charge on any atom is 0.339 e. The highest BCUT2D eigenvalue weighted by Gasteiger charge is 2.17. The van der Waals surface area contributed by atoms with Crippen LogP contribution in [0.25, 0.3) is 0 Å². The molecule has 1 N–H and O–H groups in total. The summed E-state index contributed by atoms with van der Waals surface area (Å²) in [7, 11) is 0. The predicted octanol–water partition coefficient (Wildman–Crippen LogP) is 3.05. The molecule has 14 heavy (non-hydrogen) atoms. The lowest BCUT2D eigenvalue weighted by atomic mass is 10.1. The average Bonchev–Trinajstić information content (AvgIpc) is 2.60. The summed E-state index contributed by atoms with van der Waals surface area (Å²) in [6.45, 7) is 5.98. The fourth-order valence-corrected chi connectivity index (χ4v) is 1.34. The maximum atomic E-state index is 10.8. The molecular formula is C11H16O3. The number of carbonyl (C=O) groups is 1. The Bertz CT molecular complexity index is 325. The van der Waals surface area contributed by atoms with Gasteiger partial charge in [-0.1, -0.05) is 20.8 Å². The van der Waals surface area contributed by atoms with Gasteiger partial charge in [0.2, 0.25) is 0 Å². The van der Waals surface area contributed by atoms with Crippen LogP contribution in [-0.4, -0.2) is 11.1 Å². The molecule has 1 unspecified atom stereocenters. The molecule has 0 aliphatic rings. The van der Waals surface area contributed by atoms with Gasteiger partial charge in [-0.3, -0.25) is 0 Å². The van der Waals surface area contributed by atoms with Gasteiger partial charge >= 0.3 is 5.97 Å². The molecule has 0 amide bonds. The number of carboxylic acids is 1. The van der Waals surface area contributed by atoms with Crippen molar-refractivity contribution < 1.29 is 14.3 Å². The predicted molar refractivity (Wildman–Crippen MR) is 53.8 cm³/mol. The number of hydrogen-bond acceptors (Lipinski definition) is 2. The molecule has 78 valence electrons. The molecule has 0 radical (unpaired) electrons. The number of aromatic carboxylic acids is 1. The highest BCUT2D eigenvalue weighted by Crippen LogP contribution is 2.25. The summed E-state index contributed by atoms with van der Waals surface area (Å²) in [5.41, 5.74) is 0.308. The Kier molecular flexibility index (Phi) is 3.33. The second kappa shape index (κ2) is 4.31. The SMILES string of the molecule is CCc1oc(C(C)CC)cc1C(=O)O. The minimum atomic E-state index is -0.903. The summed E-state index contributed by atoms with van der Waals surface area (Å²) in [6, 6.07) is 1.65. The number of hydrogen-bond donors (Lipinski definition) is 1. The van der Waals surface area contributed by atoms with Gasteiger partial charge in [-0.05, 0) is 12.5 Å². The van der Waals surface area contributed by atoms with E-state index in [1.807, 2.05) is 13.8 Å². The average molecular weight is 196 g/mol. The zero-order chi connectivity index (χ0) is 10.7. The molecule has 3 heteroatoms. The minimum absolute atomic E-state index is 0.286. The minimum Gasteiger partial charge on any atom is -0.478 e. The molecular weight excluding hydrogens is 180 g/mol. The van der Waals surface area contributed by atoms with E-state index in [0.717, 1.165) is 12.2 Å². The first-order valence-corrected chi connectivity index (χ1v) is 4.96. The first kappa shape index (κ1) is 10.8. The van der Waals surface area contributed by atoms with Crippen molar-refractivity contribution in [3.63, 3.8) is 0 Å². The van der Waals surface area contributed by atoms with Crippen LogP contribution in [0.4, 0.5) is 0 Å². The Morgan fingerprint density at radius 2 is 2.21 bits per heavy atom. The molecule has 1 heterocycles. The van der Waals surface area contributed by atoms with E-state index in [9.17, 15) is 4.79 Å². The standard InChI is InChI=1S/C11H16O3/c1-4-7(3)10-6-8(11(12)13)9(5-2)14-10/h6-7H,4-5H2,1-3H3,(H,12,13). The fourth-order valence-electron chi connectivity index (χ4n) is 1.34. The van der Waals surface area contributed by atoms with Gasteiger partial charge in [0.15, 0.2) is 0 Å². The van der Waals surface area contributed by atoms with Crippen molar-refractivity contribution in [2.45, 2.75) is 39.5 Å². The van der Waals surface area contributed by atoms with E-state index in [2.05, 4.69) is 6.92 Å². The maximum absolute atomic E-state index is 10.8. The lowest BCUT2D eigenvalue weighted by Gasteiger charge is -2.02. The number of rotatable bonds is 4. The molecule has 1 atom stereocenters. The van der Waals surface area contributed by atoms with Crippen LogP contribution in [0.5, 0.6) is 0 Å². The second-order valence-corrected chi connectivity index (χ2v) is 3.45. The van der Waals surface area contributed by atoms with Crippen molar-refractivity contribution >= 4 is 5.97 Å². The Hall–Kier alpha value is -1.25. The molecule has 0 saturated carbocycles. The van der Waals surface area contributed by atoms with Crippen LogP contribution in [-0.2, 0) is 6.42 Å². The molecule has 1 aromatic rings. The zero-order valence-electron chi connectivity index (χ0n) is 8.83. The van der Waals surface area contributed by atoms with Crippen LogP contribution in [0.2, 0.25) is 0 Å². The molecule has 0 fully saturated rings. The number of carboxylic acid groups (broad SMARTS) is 1. The van der Waals surface area contributed by atoms with Crippen molar-refractivity contribution in [3.8, 4) is 0 Å². The van der Waals surface area contributed by atoms with Gasteiger partial charge in [-0.25, -0.2) is 4.79 Å². The highest BCUT2D eigenvalue weighted by atomic mass is 16.4. The van der Waals surface area contributed by atoms with Gasteiger partial charge in [-0.2, -0.15) is 0 Å². The smallest absolute Gasteiger partial charge is 0.339 e. The van der Waals surface area contributed by atoms with Crippen LogP contribution in [0, 0.1) is 0 Å². The third kappa shape index (κ3) is 1.97. The van der Waals surface area contributed by atoms with Crippen molar-refractivity contribution in [1.82, 2.24) is 0 Å². The number of aryl methyl sites for hydroxylation is 1. The summed E-state index contributed by atoms with van der Waals surface area (Å²) in [4.78, 5) is 10.8. The normalized spacial score (nSPS) is 12.8. The first-order chi connectivity index (χ1) is 6.60. The fraction of sp³-hybridized carbons (Fsp3) is 0.545. The third-order valence-corrected chi connectivity index (χ3v) is 2.48. The van der Waals surface area contributed by atoms with Gasteiger partial charge in [0.1, 0.15) is 17.1 Å². The van der Waals surface area contributed by atoms with E-state index in [-0.39, 0.29) is 5.92 Å². The third-order valence-electron chi connectivity index (χ3n) is 2.48. The Morgan fingerprint density at radius 3 is 2.57 bits per heavy atom. The largest absolute Gasteiger partial charge is 0.478 e. The molecule has 0 bridgehead atoms. The van der Waals surface area contributed by atoms with E-state index in [1.54, 1.807) is 6.07 Å². The number of furan rings is 1. The Labute approximate surface area is 83.7 Å². The monoisotopic (exact) mass is 196 g/mol. The van der Waals surface area contributed by atoms with Gasteiger partial charge in [0, 0.05) is 12.3 Å².